The Bertz CT molecular complexity index is 229. The first kappa shape index (κ1) is 8.30. The van der Waals surface area contributed by atoms with E-state index >= 15 is 0 Å². The van der Waals surface area contributed by atoms with Crippen LogP contribution in [0.1, 0.15) is 0 Å². The van der Waals surface area contributed by atoms with Crippen molar-refractivity contribution < 1.29 is 9.85 Å². The van der Waals surface area contributed by atoms with Gasteiger partial charge in [-0.05, 0) is 0 Å². The number of nitroso groups, excluding NO2 is 1. The maximum Gasteiger partial charge on any atom is 0.495 e. The molecule has 0 aromatic rings. The summed E-state index contributed by atoms with van der Waals surface area (Å²) in [6.07, 6.45) is 0. The van der Waals surface area contributed by atoms with Gasteiger partial charge in [0.05, 0.1) is 5.29 Å². The van der Waals surface area contributed by atoms with Crippen LogP contribution in [0.2, 0.25) is 0 Å². The molecule has 0 aromatic carbocycles. The lowest BCUT2D eigenvalue weighted by Crippen LogP contribution is -2.68. The summed E-state index contributed by atoms with van der Waals surface area (Å²) in [6, 6.07) is 0. The first-order valence-electron chi connectivity index (χ1n) is 2.90. The van der Waals surface area contributed by atoms with Gasteiger partial charge in [-0.15, -0.1) is 4.91 Å². The molecule has 0 saturated carbocycles. The van der Waals surface area contributed by atoms with E-state index in [-0.39, 0.29) is 0 Å². The maximum atomic E-state index is 10.2. The third-order valence-corrected chi connectivity index (χ3v) is 1.67. The minimum atomic E-state index is -2.23. The average molecular weight is 176 g/mol. The molecule has 0 aromatic heterocycles. The summed E-state index contributed by atoms with van der Waals surface area (Å²) >= 11 is 0. The molecule has 0 bridgehead atoms. The Morgan fingerprint density at radius 3 is 1.92 bits per heavy atom. The summed E-state index contributed by atoms with van der Waals surface area (Å²) in [6.45, 7) is -1.12. The van der Waals surface area contributed by atoms with E-state index in [2.05, 4.69) is 5.29 Å². The van der Waals surface area contributed by atoms with Crippen molar-refractivity contribution in [3.8, 4) is 0 Å². The second kappa shape index (κ2) is 2.36. The zero-order valence-corrected chi connectivity index (χ0v) is 5.74. The zero-order chi connectivity index (χ0) is 9.35. The summed E-state index contributed by atoms with van der Waals surface area (Å²) in [7, 11) is 0. The van der Waals surface area contributed by atoms with Crippen LogP contribution in [0.3, 0.4) is 0 Å². The lowest BCUT2D eigenvalue weighted by Gasteiger charge is -2.30. The van der Waals surface area contributed by atoms with Gasteiger partial charge in [0.15, 0.2) is 13.1 Å². The molecule has 1 rings (SSSR count). The van der Waals surface area contributed by atoms with E-state index in [1.54, 1.807) is 0 Å². The molecule has 0 spiro atoms. The highest BCUT2D eigenvalue weighted by Gasteiger charge is 2.67. The van der Waals surface area contributed by atoms with Gasteiger partial charge < -0.3 is 0 Å². The minimum absolute atomic E-state index is 0.559. The van der Waals surface area contributed by atoms with Crippen LogP contribution in [0, 0.1) is 25.1 Å². The maximum absolute atomic E-state index is 10.2. The van der Waals surface area contributed by atoms with E-state index in [0.29, 0.717) is 0 Å². The predicted molar refractivity (Wildman–Crippen MR) is 34.1 cm³/mol. The van der Waals surface area contributed by atoms with Crippen LogP contribution in [0.5, 0.6) is 0 Å². The molecule has 9 heteroatoms. The monoisotopic (exact) mass is 176 g/mol. The van der Waals surface area contributed by atoms with Crippen molar-refractivity contribution >= 4 is 0 Å². The number of nitro groups is 2. The van der Waals surface area contributed by atoms with Crippen molar-refractivity contribution in [1.29, 1.82) is 0 Å². The summed E-state index contributed by atoms with van der Waals surface area (Å²) in [5.74, 6) is 0. The summed E-state index contributed by atoms with van der Waals surface area (Å²) in [4.78, 5) is 28.1. The Kier molecular flexibility index (Phi) is 1.63. The van der Waals surface area contributed by atoms with Crippen molar-refractivity contribution in [3.63, 3.8) is 0 Å². The van der Waals surface area contributed by atoms with Gasteiger partial charge in [-0.2, -0.15) is 0 Å². The number of hydrogen-bond donors (Lipinski definition) is 0. The molecule has 1 aliphatic rings. The number of nitrogens with zero attached hydrogens (tertiary/aromatic N) is 4. The second-order valence-electron chi connectivity index (χ2n) is 2.40. The fraction of sp³-hybridized carbons (Fsp3) is 1.00. The van der Waals surface area contributed by atoms with E-state index in [1.165, 1.54) is 0 Å². The molecule has 0 amide bonds. The van der Waals surface area contributed by atoms with Crippen molar-refractivity contribution in [3.05, 3.63) is 25.1 Å². The molecule has 1 aliphatic heterocycles. The van der Waals surface area contributed by atoms with E-state index in [9.17, 15) is 25.1 Å². The third-order valence-electron chi connectivity index (χ3n) is 1.67. The summed E-state index contributed by atoms with van der Waals surface area (Å²) in [5, 5.41) is 23.5. The minimum Gasteiger partial charge on any atom is -0.258 e. The Labute approximate surface area is 65.2 Å². The van der Waals surface area contributed by atoms with Crippen molar-refractivity contribution in [2.24, 2.45) is 5.29 Å². The molecular weight excluding hydrogens is 172 g/mol. The smallest absolute Gasteiger partial charge is 0.258 e. The molecule has 66 valence electrons. The second-order valence-corrected chi connectivity index (χ2v) is 2.40. The van der Waals surface area contributed by atoms with Gasteiger partial charge in [0.25, 0.3) is 0 Å². The quantitative estimate of drug-likeness (QED) is 0.241. The van der Waals surface area contributed by atoms with Gasteiger partial charge in [0, 0.05) is 0 Å². The fourth-order valence-electron chi connectivity index (χ4n) is 0.894. The Morgan fingerprint density at radius 2 is 1.67 bits per heavy atom. The predicted octanol–water partition coefficient (Wildman–Crippen LogP) is -0.767. The normalized spacial score (nSPS) is 19.5. The summed E-state index contributed by atoms with van der Waals surface area (Å²) in [5.41, 5.74) is -2.23. The van der Waals surface area contributed by atoms with E-state index < -0.39 is 28.6 Å². The standard InChI is InChI=1S/C3H4N4O5/c8-4-5-1-3(2-5,6(9)10)7(11)12/h1-2H2. The van der Waals surface area contributed by atoms with Crippen LogP contribution in [0.15, 0.2) is 5.29 Å². The highest BCUT2D eigenvalue weighted by molar-refractivity contribution is 4.84. The number of rotatable bonds is 3. The van der Waals surface area contributed by atoms with Gasteiger partial charge in [0.2, 0.25) is 0 Å². The molecule has 12 heavy (non-hydrogen) atoms. The first-order valence-corrected chi connectivity index (χ1v) is 2.90. The van der Waals surface area contributed by atoms with Crippen LogP contribution in [0.4, 0.5) is 0 Å². The van der Waals surface area contributed by atoms with Crippen LogP contribution >= 0.6 is 0 Å². The molecule has 0 atom stereocenters. The molecule has 0 unspecified atom stereocenters. The van der Waals surface area contributed by atoms with Crippen LogP contribution < -0.4 is 0 Å². The Morgan fingerprint density at radius 1 is 1.25 bits per heavy atom. The summed E-state index contributed by atoms with van der Waals surface area (Å²) < 4.78 is 0. The lowest BCUT2D eigenvalue weighted by molar-refractivity contribution is -0.811. The molecule has 0 aliphatic carbocycles. The molecule has 1 fully saturated rings. The van der Waals surface area contributed by atoms with Crippen molar-refractivity contribution in [1.82, 2.24) is 5.01 Å². The average Bonchev–Trinajstić information content (AvgIpc) is 1.83. The largest absolute Gasteiger partial charge is 0.495 e. The van der Waals surface area contributed by atoms with Gasteiger partial charge in [-0.25, -0.2) is 5.01 Å². The zero-order valence-electron chi connectivity index (χ0n) is 5.74. The van der Waals surface area contributed by atoms with Gasteiger partial charge in [-0.3, -0.25) is 20.2 Å². The Balaban J connectivity index is 2.75. The van der Waals surface area contributed by atoms with Gasteiger partial charge >= 0.3 is 5.66 Å². The molecule has 1 saturated heterocycles. The molecule has 1 heterocycles. The van der Waals surface area contributed by atoms with E-state index in [4.69, 9.17) is 0 Å². The molecule has 0 radical (unpaired) electrons. The molecule has 9 nitrogen and oxygen atoms in total. The van der Waals surface area contributed by atoms with Crippen LogP contribution in [-0.2, 0) is 0 Å². The Hall–Kier alpha value is -1.80. The van der Waals surface area contributed by atoms with Crippen LogP contribution in [0.25, 0.3) is 0 Å². The molecule has 0 N–H and O–H groups in total. The van der Waals surface area contributed by atoms with E-state index in [0.717, 1.165) is 5.01 Å². The highest BCUT2D eigenvalue weighted by atomic mass is 16.7. The van der Waals surface area contributed by atoms with Crippen LogP contribution in [-0.4, -0.2) is 33.6 Å². The van der Waals surface area contributed by atoms with Gasteiger partial charge in [0.1, 0.15) is 9.85 Å². The first-order chi connectivity index (χ1) is 5.53. The fourth-order valence-corrected chi connectivity index (χ4v) is 0.894. The molecular formula is C3H4N4O5. The van der Waals surface area contributed by atoms with E-state index in [1.807, 2.05) is 0 Å². The highest BCUT2D eigenvalue weighted by Crippen LogP contribution is 2.24. The topological polar surface area (TPSA) is 119 Å². The van der Waals surface area contributed by atoms with Gasteiger partial charge in [-0.1, -0.05) is 0 Å². The number of hydrogen-bond acceptors (Lipinski definition) is 6. The van der Waals surface area contributed by atoms with Crippen molar-refractivity contribution in [2.75, 3.05) is 13.1 Å². The van der Waals surface area contributed by atoms with Crippen molar-refractivity contribution in [2.45, 2.75) is 5.66 Å². The SMILES string of the molecule is O=NN1CC([N+](=O)[O-])([N+](=O)[O-])C1. The lowest BCUT2D eigenvalue weighted by atomic mass is 10.1. The third kappa shape index (κ3) is 0.863.